The lowest BCUT2D eigenvalue weighted by Crippen LogP contribution is -2.30. The second-order valence-corrected chi connectivity index (χ2v) is 13.1. The molecule has 1 aliphatic carbocycles. The van der Waals surface area contributed by atoms with Gasteiger partial charge in [-0.05, 0) is 49.3 Å². The highest BCUT2D eigenvalue weighted by Crippen LogP contribution is 2.38. The van der Waals surface area contributed by atoms with Gasteiger partial charge in [-0.3, -0.25) is 4.79 Å². The number of rotatable bonds is 6. The molecule has 2 heterocycles. The van der Waals surface area contributed by atoms with Crippen molar-refractivity contribution in [2.24, 2.45) is 11.8 Å². The van der Waals surface area contributed by atoms with Crippen LogP contribution in [0.4, 0.5) is 8.78 Å². The van der Waals surface area contributed by atoms with E-state index in [0.717, 1.165) is 11.3 Å². The van der Waals surface area contributed by atoms with Gasteiger partial charge in [-0.2, -0.15) is 4.31 Å². The minimum Gasteiger partial charge on any atom is -0.359 e. The number of benzene rings is 1. The molecule has 35 heavy (non-hydrogen) atoms. The number of hydrogen-bond donors (Lipinski definition) is 1. The average Bonchev–Trinajstić information content (AvgIpc) is 3.40. The van der Waals surface area contributed by atoms with Gasteiger partial charge in [0.25, 0.3) is 0 Å². The molecule has 1 aromatic carbocycles. The molecule has 1 amide bonds. The summed E-state index contributed by atoms with van der Waals surface area (Å²) in [5.74, 6) is -1.69. The van der Waals surface area contributed by atoms with Crippen LogP contribution < -0.4 is 5.32 Å². The van der Waals surface area contributed by atoms with Crippen LogP contribution in [0.25, 0.3) is 11.0 Å². The molecule has 0 unspecified atom stereocenters. The number of carbonyl (C=O) groups excluding carboxylic acids is 1. The van der Waals surface area contributed by atoms with Crippen LogP contribution in [0.2, 0.25) is 0 Å². The third kappa shape index (κ3) is 5.53. The van der Waals surface area contributed by atoms with E-state index in [1.54, 1.807) is 25.2 Å². The highest BCUT2D eigenvalue weighted by Gasteiger charge is 2.36. The van der Waals surface area contributed by atoms with Crippen LogP contribution in [-0.4, -0.2) is 54.2 Å². The smallest absolute Gasteiger partial charge is 0.248 e. The van der Waals surface area contributed by atoms with E-state index >= 15 is 0 Å². The van der Waals surface area contributed by atoms with Crippen molar-refractivity contribution in [2.45, 2.75) is 82.1 Å². The van der Waals surface area contributed by atoms with Gasteiger partial charge in [0.05, 0.1) is 15.9 Å². The highest BCUT2D eigenvalue weighted by atomic mass is 32.2. The number of halogens is 2. The summed E-state index contributed by atoms with van der Waals surface area (Å²) in [5, 5.41) is 2.60. The molecule has 2 aliphatic rings. The van der Waals surface area contributed by atoms with Crippen LogP contribution >= 0.6 is 0 Å². The molecule has 2 aromatic rings. The van der Waals surface area contributed by atoms with Crippen molar-refractivity contribution in [3.05, 3.63) is 24.0 Å². The number of nitrogens with zero attached hydrogens (tertiary/aromatic N) is 3. The van der Waals surface area contributed by atoms with Gasteiger partial charge in [0.1, 0.15) is 5.82 Å². The third-order valence-electron chi connectivity index (χ3n) is 7.31. The Kier molecular flexibility index (Phi) is 7.00. The molecule has 1 N–H and O–H groups in total. The Hall–Kier alpha value is -2.07. The number of fused-ring (bicyclic) bond motifs is 1. The number of aromatic nitrogens is 2. The Bertz CT molecular complexity index is 1190. The summed E-state index contributed by atoms with van der Waals surface area (Å²) >= 11 is 0. The Morgan fingerprint density at radius 2 is 1.86 bits per heavy atom. The number of nitrogens with one attached hydrogen (secondary N) is 1. The van der Waals surface area contributed by atoms with E-state index in [9.17, 15) is 22.0 Å². The van der Waals surface area contributed by atoms with Crippen LogP contribution in [0, 0.1) is 11.8 Å². The zero-order chi connectivity index (χ0) is 25.6. The Balaban J connectivity index is 1.61. The van der Waals surface area contributed by atoms with Crippen molar-refractivity contribution in [3.8, 4) is 0 Å². The van der Waals surface area contributed by atoms with Gasteiger partial charge in [0, 0.05) is 51.4 Å². The standard InChI is InChI=1S/C25H36F2N4O3S/c1-24(2,3)23-29-20-14-19(35(33,34)30-12-9-18(15-30)13-22(32)28-4)5-6-21(20)31(23)16-17-7-10-25(26,27)11-8-17/h5-6,14,17-18H,7-13,15-16H2,1-4H3,(H,28,32)/t18-/m0/s1. The molecule has 1 atom stereocenters. The van der Waals surface area contributed by atoms with Gasteiger partial charge in [-0.1, -0.05) is 20.8 Å². The summed E-state index contributed by atoms with van der Waals surface area (Å²) < 4.78 is 57.6. The van der Waals surface area contributed by atoms with Crippen molar-refractivity contribution < 1.29 is 22.0 Å². The molecule has 4 rings (SSSR count). The fourth-order valence-electron chi connectivity index (χ4n) is 5.26. The first-order chi connectivity index (χ1) is 16.3. The molecule has 7 nitrogen and oxygen atoms in total. The van der Waals surface area contributed by atoms with Gasteiger partial charge in [-0.15, -0.1) is 0 Å². The normalized spacial score (nSPS) is 22.1. The molecule has 1 saturated carbocycles. The summed E-state index contributed by atoms with van der Waals surface area (Å²) in [6, 6.07) is 5.03. The van der Waals surface area contributed by atoms with E-state index in [1.807, 2.05) is 20.8 Å². The Morgan fingerprint density at radius 1 is 1.17 bits per heavy atom. The van der Waals surface area contributed by atoms with Crippen molar-refractivity contribution in [1.29, 1.82) is 0 Å². The Morgan fingerprint density at radius 3 is 2.49 bits per heavy atom. The molecule has 10 heteroatoms. The maximum atomic E-state index is 13.7. The second kappa shape index (κ2) is 9.42. The van der Waals surface area contributed by atoms with Crippen molar-refractivity contribution in [3.63, 3.8) is 0 Å². The predicted octanol–water partition coefficient (Wildman–Crippen LogP) is 4.31. The number of imidazole rings is 1. The molecular weight excluding hydrogens is 474 g/mol. The van der Waals surface area contributed by atoms with Gasteiger partial charge in [0.2, 0.25) is 21.9 Å². The van der Waals surface area contributed by atoms with Crippen LogP contribution in [0.5, 0.6) is 0 Å². The number of carbonyl (C=O) groups is 1. The molecule has 194 valence electrons. The van der Waals surface area contributed by atoms with E-state index in [1.165, 1.54) is 4.31 Å². The van der Waals surface area contributed by atoms with Crippen LogP contribution in [0.15, 0.2) is 23.1 Å². The van der Waals surface area contributed by atoms with Crippen molar-refractivity contribution in [2.75, 3.05) is 20.1 Å². The second-order valence-electron chi connectivity index (χ2n) is 11.1. The van der Waals surface area contributed by atoms with E-state index in [-0.39, 0.29) is 40.9 Å². The monoisotopic (exact) mass is 510 g/mol. The largest absolute Gasteiger partial charge is 0.359 e. The SMILES string of the molecule is CNC(=O)C[C@@H]1CCN(S(=O)(=O)c2ccc3c(c2)nc(C(C)(C)C)n3CC2CCC(F)(F)CC2)C1. The summed E-state index contributed by atoms with van der Waals surface area (Å²) in [7, 11) is -2.14. The topological polar surface area (TPSA) is 84.3 Å². The average molecular weight is 511 g/mol. The maximum Gasteiger partial charge on any atom is 0.248 e. The summed E-state index contributed by atoms with van der Waals surface area (Å²) in [5.41, 5.74) is 1.13. The number of sulfonamides is 1. The highest BCUT2D eigenvalue weighted by molar-refractivity contribution is 7.89. The first-order valence-electron chi connectivity index (χ1n) is 12.4. The number of amides is 1. The minimum absolute atomic E-state index is 0.00280. The van der Waals surface area contributed by atoms with E-state index in [4.69, 9.17) is 4.98 Å². The van der Waals surface area contributed by atoms with E-state index < -0.39 is 15.9 Å². The predicted molar refractivity (Wildman–Crippen MR) is 131 cm³/mol. The van der Waals surface area contributed by atoms with Crippen LogP contribution in [0.1, 0.15) is 65.1 Å². The first-order valence-corrected chi connectivity index (χ1v) is 13.8. The van der Waals surface area contributed by atoms with Crippen molar-refractivity contribution in [1.82, 2.24) is 19.2 Å². The van der Waals surface area contributed by atoms with Gasteiger partial charge < -0.3 is 9.88 Å². The fraction of sp³-hybridized carbons (Fsp3) is 0.680. The molecule has 0 spiro atoms. The lowest BCUT2D eigenvalue weighted by Gasteiger charge is -2.30. The molecular formula is C25H36F2N4O3S. The van der Waals surface area contributed by atoms with Crippen LogP contribution in [0.3, 0.4) is 0 Å². The number of hydrogen-bond acceptors (Lipinski definition) is 4. The lowest BCUT2D eigenvalue weighted by molar-refractivity contribution is -0.121. The third-order valence-corrected chi connectivity index (χ3v) is 9.17. The van der Waals surface area contributed by atoms with E-state index in [0.29, 0.717) is 50.8 Å². The molecule has 0 bridgehead atoms. The molecule has 1 saturated heterocycles. The summed E-state index contributed by atoms with van der Waals surface area (Å²) in [6.07, 6.45) is 1.72. The van der Waals surface area contributed by atoms with Crippen LogP contribution in [-0.2, 0) is 26.8 Å². The zero-order valence-electron chi connectivity index (χ0n) is 21.0. The molecule has 2 fully saturated rings. The number of alkyl halides is 2. The molecule has 0 radical (unpaired) electrons. The summed E-state index contributed by atoms with van der Waals surface area (Å²) in [6.45, 7) is 7.45. The lowest BCUT2D eigenvalue weighted by atomic mass is 9.86. The first kappa shape index (κ1) is 26.0. The molecule has 1 aliphatic heterocycles. The van der Waals surface area contributed by atoms with Crippen molar-refractivity contribution >= 4 is 27.0 Å². The van der Waals surface area contributed by atoms with E-state index in [2.05, 4.69) is 9.88 Å². The quantitative estimate of drug-likeness (QED) is 0.628. The zero-order valence-corrected chi connectivity index (χ0v) is 21.8. The van der Waals surface area contributed by atoms with Gasteiger partial charge >= 0.3 is 0 Å². The minimum atomic E-state index is -3.72. The maximum absolute atomic E-state index is 13.7. The Labute approximate surface area is 206 Å². The fourth-order valence-corrected chi connectivity index (χ4v) is 6.82. The molecule has 1 aromatic heterocycles. The summed E-state index contributed by atoms with van der Waals surface area (Å²) in [4.78, 5) is 16.7. The van der Waals surface area contributed by atoms with Gasteiger partial charge in [0.15, 0.2) is 0 Å². The van der Waals surface area contributed by atoms with Gasteiger partial charge in [-0.25, -0.2) is 22.2 Å².